The lowest BCUT2D eigenvalue weighted by Crippen LogP contribution is -1.92. The van der Waals surface area contributed by atoms with Crippen molar-refractivity contribution in [2.24, 2.45) is 5.92 Å². The normalized spacial score (nSPS) is 12.0. The molecule has 1 N–H and O–H groups in total. The van der Waals surface area contributed by atoms with Gasteiger partial charge in [-0.05, 0) is 44.4 Å². The van der Waals surface area contributed by atoms with E-state index in [1.165, 1.54) is 38.5 Å². The average molecular weight is 294 g/mol. The molecule has 0 radical (unpaired) electrons. The fraction of sp³-hybridized carbons (Fsp3) is 0.737. The van der Waals surface area contributed by atoms with Crippen LogP contribution >= 0.6 is 0 Å². The van der Waals surface area contributed by atoms with Gasteiger partial charge in [-0.2, -0.15) is 0 Å². The second-order valence-electron chi connectivity index (χ2n) is 6.19. The predicted molar refractivity (Wildman–Crippen MR) is 91.5 cm³/mol. The van der Waals surface area contributed by atoms with Crippen LogP contribution in [0.3, 0.4) is 0 Å². The summed E-state index contributed by atoms with van der Waals surface area (Å²) in [4.78, 5) is 10.3. The van der Waals surface area contributed by atoms with Gasteiger partial charge in [0.15, 0.2) is 0 Å². The van der Waals surface area contributed by atoms with Crippen LogP contribution < -0.4 is 0 Å². The van der Waals surface area contributed by atoms with Crippen molar-refractivity contribution in [3.05, 3.63) is 24.3 Å². The van der Waals surface area contributed by atoms with Crippen LogP contribution in [0.4, 0.5) is 0 Å². The second-order valence-corrected chi connectivity index (χ2v) is 6.19. The highest BCUT2D eigenvalue weighted by Gasteiger charge is 1.94. The van der Waals surface area contributed by atoms with E-state index in [1.807, 2.05) is 0 Å². The Morgan fingerprint density at radius 2 is 1.33 bits per heavy atom. The maximum atomic E-state index is 10.3. The Balaban J connectivity index is 3.22. The van der Waals surface area contributed by atoms with Crippen molar-refractivity contribution in [1.82, 2.24) is 0 Å². The third-order valence-corrected chi connectivity index (χ3v) is 3.50. The summed E-state index contributed by atoms with van der Waals surface area (Å²) in [6, 6.07) is 0. The van der Waals surface area contributed by atoms with Crippen molar-refractivity contribution >= 4 is 5.97 Å². The number of carboxylic acid groups (broad SMARTS) is 1. The van der Waals surface area contributed by atoms with E-state index in [-0.39, 0.29) is 6.42 Å². The minimum absolute atomic E-state index is 0.279. The van der Waals surface area contributed by atoms with E-state index < -0.39 is 5.97 Å². The maximum Gasteiger partial charge on any atom is 0.303 e. The zero-order chi connectivity index (χ0) is 15.8. The summed E-state index contributed by atoms with van der Waals surface area (Å²) in [6.07, 6.45) is 20.9. The van der Waals surface area contributed by atoms with E-state index in [4.69, 9.17) is 5.11 Å². The van der Waals surface area contributed by atoms with Gasteiger partial charge in [0.25, 0.3) is 0 Å². The Bertz CT molecular complexity index is 290. The van der Waals surface area contributed by atoms with Crippen LogP contribution in [-0.2, 0) is 4.79 Å². The van der Waals surface area contributed by atoms with E-state index in [1.54, 1.807) is 0 Å². The molecule has 0 aromatic rings. The summed E-state index contributed by atoms with van der Waals surface area (Å²) < 4.78 is 0. The van der Waals surface area contributed by atoms with Gasteiger partial charge in [0.05, 0.1) is 0 Å². The Kier molecular flexibility index (Phi) is 14.6. The summed E-state index contributed by atoms with van der Waals surface area (Å²) in [5.41, 5.74) is 0. The van der Waals surface area contributed by atoms with Crippen LogP contribution in [0, 0.1) is 5.92 Å². The van der Waals surface area contributed by atoms with Gasteiger partial charge in [-0.15, -0.1) is 0 Å². The number of hydrogen-bond acceptors (Lipinski definition) is 1. The topological polar surface area (TPSA) is 37.3 Å². The van der Waals surface area contributed by atoms with Crippen molar-refractivity contribution < 1.29 is 9.90 Å². The summed E-state index contributed by atoms with van der Waals surface area (Å²) in [6.45, 7) is 4.59. The van der Waals surface area contributed by atoms with Gasteiger partial charge in [0.2, 0.25) is 0 Å². The number of carboxylic acids is 1. The molecular formula is C19H34O2. The van der Waals surface area contributed by atoms with Crippen LogP contribution in [0.25, 0.3) is 0 Å². The number of unbranched alkanes of at least 4 members (excludes halogenated alkanes) is 6. The molecule has 0 rings (SSSR count). The van der Waals surface area contributed by atoms with Gasteiger partial charge in [-0.3, -0.25) is 4.79 Å². The van der Waals surface area contributed by atoms with Gasteiger partial charge in [-0.1, -0.05) is 63.8 Å². The molecule has 0 saturated carbocycles. The quantitative estimate of drug-likeness (QED) is 0.309. The maximum absolute atomic E-state index is 10.3. The van der Waals surface area contributed by atoms with Gasteiger partial charge < -0.3 is 5.11 Å². The molecule has 0 atom stereocenters. The molecular weight excluding hydrogens is 260 g/mol. The Hall–Kier alpha value is -1.05. The molecule has 0 unspecified atom stereocenters. The molecule has 0 fully saturated rings. The standard InChI is InChI=1S/C19H34O2/c1-18(2)16-14-12-10-8-6-4-3-5-7-9-11-13-15-17-19(20)21/h3-4,9,11,18H,5-8,10,12-17H2,1-2H3,(H,20,21)/b4-3+,11-9+. The molecule has 0 aliphatic rings. The van der Waals surface area contributed by atoms with Crippen LogP contribution in [0.15, 0.2) is 24.3 Å². The summed E-state index contributed by atoms with van der Waals surface area (Å²) in [7, 11) is 0. The third-order valence-electron chi connectivity index (χ3n) is 3.50. The second kappa shape index (κ2) is 15.3. The number of carbonyl (C=O) groups is 1. The number of allylic oxidation sites excluding steroid dienone is 4. The number of rotatable bonds is 14. The third kappa shape index (κ3) is 18.9. The van der Waals surface area contributed by atoms with Crippen molar-refractivity contribution in [2.75, 3.05) is 0 Å². The first-order chi connectivity index (χ1) is 10.1. The molecule has 122 valence electrons. The van der Waals surface area contributed by atoms with E-state index in [9.17, 15) is 4.79 Å². The van der Waals surface area contributed by atoms with Crippen molar-refractivity contribution in [3.63, 3.8) is 0 Å². The molecule has 21 heavy (non-hydrogen) atoms. The van der Waals surface area contributed by atoms with E-state index in [2.05, 4.69) is 38.2 Å². The summed E-state index contributed by atoms with van der Waals surface area (Å²) >= 11 is 0. The highest BCUT2D eigenvalue weighted by molar-refractivity contribution is 5.66. The molecule has 2 heteroatoms. The lowest BCUT2D eigenvalue weighted by atomic mass is 10.0. The van der Waals surface area contributed by atoms with Crippen molar-refractivity contribution in [2.45, 2.75) is 84.5 Å². The minimum atomic E-state index is -0.699. The Morgan fingerprint density at radius 3 is 1.90 bits per heavy atom. The molecule has 0 heterocycles. The predicted octanol–water partition coefficient (Wildman–Crippen LogP) is 6.13. The molecule has 2 nitrogen and oxygen atoms in total. The molecule has 0 saturated heterocycles. The smallest absolute Gasteiger partial charge is 0.303 e. The van der Waals surface area contributed by atoms with E-state index >= 15 is 0 Å². The van der Waals surface area contributed by atoms with Crippen LogP contribution in [0.5, 0.6) is 0 Å². The molecule has 0 aromatic heterocycles. The molecule has 0 aliphatic heterocycles. The minimum Gasteiger partial charge on any atom is -0.481 e. The zero-order valence-electron chi connectivity index (χ0n) is 14.0. The fourth-order valence-electron chi connectivity index (χ4n) is 2.20. The van der Waals surface area contributed by atoms with Crippen LogP contribution in [0.2, 0.25) is 0 Å². The molecule has 0 amide bonds. The SMILES string of the molecule is CC(C)CCCCCC/C=C/CC/C=C/CCCC(=O)O. The number of aliphatic carboxylic acids is 1. The lowest BCUT2D eigenvalue weighted by molar-refractivity contribution is -0.137. The average Bonchev–Trinajstić information content (AvgIpc) is 2.42. The molecule has 0 spiro atoms. The van der Waals surface area contributed by atoms with Crippen molar-refractivity contribution in [3.8, 4) is 0 Å². The Morgan fingerprint density at radius 1 is 0.810 bits per heavy atom. The monoisotopic (exact) mass is 294 g/mol. The van der Waals surface area contributed by atoms with Gasteiger partial charge >= 0.3 is 5.97 Å². The first kappa shape index (κ1) is 19.9. The van der Waals surface area contributed by atoms with Crippen LogP contribution in [-0.4, -0.2) is 11.1 Å². The zero-order valence-corrected chi connectivity index (χ0v) is 14.0. The molecule has 0 aromatic carbocycles. The highest BCUT2D eigenvalue weighted by atomic mass is 16.4. The summed E-state index contributed by atoms with van der Waals surface area (Å²) in [5, 5.41) is 8.50. The van der Waals surface area contributed by atoms with E-state index in [0.717, 1.165) is 31.6 Å². The van der Waals surface area contributed by atoms with Crippen LogP contribution in [0.1, 0.15) is 84.5 Å². The first-order valence-corrected chi connectivity index (χ1v) is 8.64. The largest absolute Gasteiger partial charge is 0.481 e. The lowest BCUT2D eigenvalue weighted by Gasteiger charge is -2.03. The van der Waals surface area contributed by atoms with Gasteiger partial charge in [0, 0.05) is 6.42 Å². The highest BCUT2D eigenvalue weighted by Crippen LogP contribution is 2.10. The van der Waals surface area contributed by atoms with E-state index in [0.29, 0.717) is 0 Å². The van der Waals surface area contributed by atoms with Crippen molar-refractivity contribution in [1.29, 1.82) is 0 Å². The molecule has 0 bridgehead atoms. The van der Waals surface area contributed by atoms with Gasteiger partial charge in [0.1, 0.15) is 0 Å². The summed E-state index contributed by atoms with van der Waals surface area (Å²) in [5.74, 6) is 0.151. The molecule has 0 aliphatic carbocycles. The Labute approximate surface area is 131 Å². The fourth-order valence-corrected chi connectivity index (χ4v) is 2.20. The van der Waals surface area contributed by atoms with Gasteiger partial charge in [-0.25, -0.2) is 0 Å². The number of hydrogen-bond donors (Lipinski definition) is 1. The first-order valence-electron chi connectivity index (χ1n) is 8.64.